The predicted molar refractivity (Wildman–Crippen MR) is 99.4 cm³/mol. The van der Waals surface area contributed by atoms with Gasteiger partial charge in [0, 0.05) is 5.56 Å². The molecule has 1 unspecified atom stereocenters. The van der Waals surface area contributed by atoms with Gasteiger partial charge in [-0.15, -0.1) is 0 Å². The van der Waals surface area contributed by atoms with Crippen LogP contribution in [0.4, 0.5) is 0 Å². The van der Waals surface area contributed by atoms with E-state index >= 15 is 0 Å². The zero-order valence-electron chi connectivity index (χ0n) is 15.4. The molecule has 1 heterocycles. The molecule has 2 aromatic rings. The third-order valence-corrected chi connectivity index (χ3v) is 5.22. The molecule has 2 aromatic carbocycles. The van der Waals surface area contributed by atoms with E-state index in [9.17, 15) is 9.90 Å². The fourth-order valence-corrected chi connectivity index (χ4v) is 3.99. The number of para-hydroxylation sites is 2. The number of hydrogen-bond donors (Lipinski definition) is 1. The number of hydrogen-bond acceptors (Lipinski definition) is 4. The van der Waals surface area contributed by atoms with Crippen molar-refractivity contribution in [3.8, 4) is 11.5 Å². The summed E-state index contributed by atoms with van der Waals surface area (Å²) >= 11 is 0. The summed E-state index contributed by atoms with van der Waals surface area (Å²) in [6.45, 7) is 6.91. The molecule has 0 saturated carbocycles. The maximum Gasteiger partial charge on any atom is 0.332 e. The normalized spacial score (nSPS) is 17.1. The highest BCUT2D eigenvalue weighted by Crippen LogP contribution is 2.52. The van der Waals surface area contributed by atoms with E-state index in [-0.39, 0.29) is 0 Å². The Balaban J connectivity index is 2.28. The number of rotatable bonds is 7. The maximum atomic E-state index is 12.7. The Morgan fingerprint density at radius 3 is 1.88 bits per heavy atom. The first-order valence-electron chi connectivity index (χ1n) is 9.06. The second-order valence-corrected chi connectivity index (χ2v) is 6.32. The van der Waals surface area contributed by atoms with Crippen LogP contribution in [0.1, 0.15) is 32.8 Å². The minimum absolute atomic E-state index is 0.326. The lowest BCUT2D eigenvalue weighted by atomic mass is 9.79. The monoisotopic (exact) mass is 355 g/mol. The molecule has 26 heavy (non-hydrogen) atoms. The molecular formula is C21H25NO4. The van der Waals surface area contributed by atoms with Crippen LogP contribution < -0.4 is 9.47 Å². The fourth-order valence-electron chi connectivity index (χ4n) is 3.99. The summed E-state index contributed by atoms with van der Waals surface area (Å²) < 4.78 is 12.7. The molecule has 5 nitrogen and oxygen atoms in total. The zero-order valence-corrected chi connectivity index (χ0v) is 15.4. The van der Waals surface area contributed by atoms with Crippen LogP contribution in [0.5, 0.6) is 11.5 Å². The van der Waals surface area contributed by atoms with E-state index in [1.54, 1.807) is 0 Å². The van der Waals surface area contributed by atoms with Crippen molar-refractivity contribution >= 4 is 5.97 Å². The highest BCUT2D eigenvalue weighted by Gasteiger charge is 2.66. The molecule has 1 N–H and O–H groups in total. The van der Waals surface area contributed by atoms with Crippen molar-refractivity contribution in [2.24, 2.45) is 0 Å². The molecule has 3 rings (SSSR count). The number of carboxylic acid groups (broad SMARTS) is 1. The quantitative estimate of drug-likeness (QED) is 0.817. The molecule has 0 aromatic heterocycles. The van der Waals surface area contributed by atoms with Crippen LogP contribution in [0.3, 0.4) is 0 Å². The number of fused-ring (bicyclic) bond motifs is 1. The van der Waals surface area contributed by atoms with Gasteiger partial charge in [-0.2, -0.15) is 0 Å². The second kappa shape index (κ2) is 7.00. The van der Waals surface area contributed by atoms with Gasteiger partial charge in [0.1, 0.15) is 0 Å². The van der Waals surface area contributed by atoms with Gasteiger partial charge in [-0.1, -0.05) is 63.2 Å². The summed E-state index contributed by atoms with van der Waals surface area (Å²) in [7, 11) is 0. The van der Waals surface area contributed by atoms with Crippen LogP contribution in [-0.4, -0.2) is 34.6 Å². The van der Waals surface area contributed by atoms with Gasteiger partial charge in [0.25, 0.3) is 0 Å². The summed E-state index contributed by atoms with van der Waals surface area (Å²) in [6.07, 6.45) is 0.326. The summed E-state index contributed by atoms with van der Waals surface area (Å²) in [5.41, 5.74) is -0.691. The fraction of sp³-hybridized carbons (Fsp3) is 0.381. The van der Waals surface area contributed by atoms with Crippen LogP contribution in [0.2, 0.25) is 0 Å². The van der Waals surface area contributed by atoms with Gasteiger partial charge >= 0.3 is 11.8 Å². The molecular weight excluding hydrogens is 330 g/mol. The van der Waals surface area contributed by atoms with Crippen LogP contribution in [0.15, 0.2) is 54.6 Å². The second-order valence-electron chi connectivity index (χ2n) is 6.32. The Morgan fingerprint density at radius 2 is 1.46 bits per heavy atom. The molecule has 0 fully saturated rings. The topological polar surface area (TPSA) is 59.0 Å². The zero-order chi connectivity index (χ0) is 18.8. The number of carbonyl (C=O) groups is 1. The smallest absolute Gasteiger partial charge is 0.332 e. The van der Waals surface area contributed by atoms with Gasteiger partial charge in [0.15, 0.2) is 11.5 Å². The number of aliphatic carboxylic acids is 1. The molecule has 0 saturated heterocycles. The molecule has 0 amide bonds. The van der Waals surface area contributed by atoms with Crippen LogP contribution in [0.25, 0.3) is 0 Å². The van der Waals surface area contributed by atoms with E-state index in [4.69, 9.17) is 9.47 Å². The van der Waals surface area contributed by atoms with Crippen molar-refractivity contribution < 1.29 is 19.4 Å². The third kappa shape index (κ3) is 2.46. The van der Waals surface area contributed by atoms with Crippen molar-refractivity contribution in [1.29, 1.82) is 0 Å². The van der Waals surface area contributed by atoms with Crippen LogP contribution in [-0.2, 0) is 10.6 Å². The lowest BCUT2D eigenvalue weighted by molar-refractivity contribution is -0.216. The van der Waals surface area contributed by atoms with Gasteiger partial charge < -0.3 is 14.6 Å². The molecule has 5 heteroatoms. The van der Waals surface area contributed by atoms with Gasteiger partial charge in [-0.25, -0.2) is 4.79 Å². The average molecular weight is 355 g/mol. The number of benzene rings is 2. The molecule has 0 aliphatic carbocycles. The molecule has 1 aliphatic rings. The maximum absolute atomic E-state index is 12.7. The Hall–Kier alpha value is -2.53. The van der Waals surface area contributed by atoms with Gasteiger partial charge in [0.05, 0.1) is 0 Å². The first-order chi connectivity index (χ1) is 12.6. The Labute approximate surface area is 154 Å². The van der Waals surface area contributed by atoms with Crippen molar-refractivity contribution in [3.63, 3.8) is 0 Å². The first-order valence-corrected chi connectivity index (χ1v) is 9.06. The van der Waals surface area contributed by atoms with Crippen molar-refractivity contribution in [2.45, 2.75) is 38.5 Å². The highest BCUT2D eigenvalue weighted by atomic mass is 16.7. The number of carboxylic acids is 1. The van der Waals surface area contributed by atoms with E-state index in [0.29, 0.717) is 36.6 Å². The summed E-state index contributed by atoms with van der Waals surface area (Å²) in [5, 5.41) is 10.4. The molecule has 0 bridgehead atoms. The minimum atomic E-state index is -1.47. The standard InChI is InChI=1S/C21H25NO4/c1-4-20(19(23)24,22(5-2)6-3)21(16-12-8-7-9-13-16)25-17-14-10-11-15-18(17)26-21/h7-15H,4-6H2,1-3H3,(H,23,24). The van der Waals surface area contributed by atoms with E-state index in [1.165, 1.54) is 0 Å². The first kappa shape index (κ1) is 18.3. The number of ether oxygens (including phenoxy) is 2. The van der Waals surface area contributed by atoms with Crippen LogP contribution >= 0.6 is 0 Å². The van der Waals surface area contributed by atoms with Crippen molar-refractivity contribution in [3.05, 3.63) is 60.2 Å². The molecule has 1 atom stereocenters. The Kier molecular flexibility index (Phi) is 4.92. The largest absolute Gasteiger partial charge is 0.480 e. The van der Waals surface area contributed by atoms with Gasteiger partial charge in [-0.05, 0) is 31.6 Å². The van der Waals surface area contributed by atoms with Gasteiger partial charge in [0.2, 0.25) is 5.54 Å². The predicted octanol–water partition coefficient (Wildman–Crippen LogP) is 3.89. The van der Waals surface area contributed by atoms with Crippen molar-refractivity contribution in [1.82, 2.24) is 4.90 Å². The summed E-state index contributed by atoms with van der Waals surface area (Å²) in [5.74, 6) is -1.31. The Bertz CT molecular complexity index is 748. The highest BCUT2D eigenvalue weighted by molar-refractivity contribution is 5.81. The van der Waals surface area contributed by atoms with E-state index in [2.05, 4.69) is 0 Å². The van der Waals surface area contributed by atoms with Crippen LogP contribution in [0, 0.1) is 0 Å². The van der Waals surface area contributed by atoms with E-state index in [0.717, 1.165) is 0 Å². The number of nitrogens with zero attached hydrogens (tertiary/aromatic N) is 1. The van der Waals surface area contributed by atoms with Gasteiger partial charge in [-0.3, -0.25) is 4.90 Å². The molecule has 0 radical (unpaired) electrons. The Morgan fingerprint density at radius 1 is 0.962 bits per heavy atom. The lowest BCUT2D eigenvalue weighted by Gasteiger charge is -2.48. The SMILES string of the molecule is CCN(CC)C(CC)(C(=O)O)C1(c2ccccc2)Oc2ccccc2O1. The lowest BCUT2D eigenvalue weighted by Crippen LogP contribution is -2.70. The van der Waals surface area contributed by atoms with E-state index in [1.807, 2.05) is 80.3 Å². The van der Waals surface area contributed by atoms with Crippen molar-refractivity contribution in [2.75, 3.05) is 13.1 Å². The molecule has 0 spiro atoms. The third-order valence-electron chi connectivity index (χ3n) is 5.22. The summed E-state index contributed by atoms with van der Waals surface area (Å²) in [6, 6.07) is 16.7. The number of likely N-dealkylation sites (N-methyl/N-ethyl adjacent to an activating group) is 1. The average Bonchev–Trinajstić information content (AvgIpc) is 3.07. The molecule has 1 aliphatic heterocycles. The molecule has 138 valence electrons. The summed E-state index contributed by atoms with van der Waals surface area (Å²) in [4.78, 5) is 14.6. The van der Waals surface area contributed by atoms with E-state index < -0.39 is 17.3 Å². The minimum Gasteiger partial charge on any atom is -0.480 e.